The second-order valence-electron chi connectivity index (χ2n) is 2.72. The van der Waals surface area contributed by atoms with Crippen LogP contribution in [-0.2, 0) is 0 Å². The molecule has 0 saturated heterocycles. The first-order valence-corrected chi connectivity index (χ1v) is 5.24. The van der Waals surface area contributed by atoms with Crippen molar-refractivity contribution in [1.82, 2.24) is 0 Å². The van der Waals surface area contributed by atoms with Gasteiger partial charge in [-0.15, -0.1) is 0 Å². The Kier molecular flexibility index (Phi) is 4.04. The lowest BCUT2D eigenvalue weighted by Crippen LogP contribution is -2.08. The highest BCUT2D eigenvalue weighted by Crippen LogP contribution is 2.13. The molecule has 1 rings (SSSR count). The summed E-state index contributed by atoms with van der Waals surface area (Å²) in [5.41, 5.74) is 0.736. The molecule has 14 heavy (non-hydrogen) atoms. The van der Waals surface area contributed by atoms with Crippen molar-refractivity contribution in [1.29, 1.82) is 5.26 Å². The number of carbonyl (C=O) groups is 1. The Balaban J connectivity index is 2.96. The SMILES string of the molecule is N#Cc1ccccc1C(=O)CC(O)I. The van der Waals surface area contributed by atoms with E-state index in [-0.39, 0.29) is 12.2 Å². The van der Waals surface area contributed by atoms with Gasteiger partial charge < -0.3 is 5.11 Å². The highest BCUT2D eigenvalue weighted by atomic mass is 127. The summed E-state index contributed by atoms with van der Waals surface area (Å²) >= 11 is 1.76. The molecule has 0 heterocycles. The zero-order valence-corrected chi connectivity index (χ0v) is 9.43. The van der Waals surface area contributed by atoms with E-state index in [1.807, 2.05) is 6.07 Å². The molecule has 1 atom stereocenters. The molecule has 1 aromatic carbocycles. The number of aliphatic hydroxyl groups excluding tert-OH is 1. The molecule has 0 radical (unpaired) electrons. The number of rotatable bonds is 3. The van der Waals surface area contributed by atoms with Crippen LogP contribution in [0.2, 0.25) is 0 Å². The van der Waals surface area contributed by atoms with Crippen molar-refractivity contribution in [3.8, 4) is 6.07 Å². The summed E-state index contributed by atoms with van der Waals surface area (Å²) in [5.74, 6) is -0.205. The zero-order chi connectivity index (χ0) is 10.6. The summed E-state index contributed by atoms with van der Waals surface area (Å²) in [7, 11) is 0. The predicted octanol–water partition coefficient (Wildman–Crippen LogP) is 1.88. The first-order valence-electron chi connectivity index (χ1n) is 3.99. The Labute approximate surface area is 95.5 Å². The summed E-state index contributed by atoms with van der Waals surface area (Å²) in [5, 5.41) is 17.8. The fraction of sp³-hybridized carbons (Fsp3) is 0.200. The molecule has 0 fully saturated rings. The van der Waals surface area contributed by atoms with E-state index in [1.165, 1.54) is 0 Å². The van der Waals surface area contributed by atoms with Crippen molar-refractivity contribution in [2.75, 3.05) is 0 Å². The van der Waals surface area contributed by atoms with Gasteiger partial charge in [-0.3, -0.25) is 4.79 Å². The van der Waals surface area contributed by atoms with E-state index in [0.717, 1.165) is 0 Å². The van der Waals surface area contributed by atoms with Crippen LogP contribution in [0, 0.1) is 11.3 Å². The zero-order valence-electron chi connectivity index (χ0n) is 7.27. The molecule has 0 aliphatic carbocycles. The second kappa shape index (κ2) is 5.08. The average molecular weight is 301 g/mol. The van der Waals surface area contributed by atoms with Crippen molar-refractivity contribution in [2.24, 2.45) is 0 Å². The number of Topliss-reactive ketones (excluding diaryl/α,β-unsaturated/α-hetero) is 1. The van der Waals surface area contributed by atoms with Crippen LogP contribution in [-0.4, -0.2) is 15.0 Å². The Morgan fingerprint density at radius 3 is 2.79 bits per heavy atom. The van der Waals surface area contributed by atoms with Crippen LogP contribution >= 0.6 is 22.6 Å². The molecule has 0 spiro atoms. The minimum atomic E-state index is -0.702. The maximum absolute atomic E-state index is 11.5. The topological polar surface area (TPSA) is 61.1 Å². The van der Waals surface area contributed by atoms with Crippen LogP contribution in [0.5, 0.6) is 0 Å². The molecule has 0 aliphatic rings. The molecule has 1 unspecified atom stereocenters. The first kappa shape index (κ1) is 11.1. The summed E-state index contributed by atoms with van der Waals surface area (Å²) in [6.07, 6.45) is 0.0409. The quantitative estimate of drug-likeness (QED) is 0.527. The van der Waals surface area contributed by atoms with Gasteiger partial charge in [0.1, 0.15) is 4.11 Å². The molecule has 72 valence electrons. The largest absolute Gasteiger partial charge is 0.382 e. The van der Waals surface area contributed by atoms with Gasteiger partial charge in [-0.25, -0.2) is 0 Å². The maximum Gasteiger partial charge on any atom is 0.167 e. The van der Waals surface area contributed by atoms with E-state index in [9.17, 15) is 4.79 Å². The Bertz CT molecular complexity index is 382. The van der Waals surface area contributed by atoms with E-state index in [1.54, 1.807) is 46.9 Å². The van der Waals surface area contributed by atoms with Crippen LogP contribution in [0.3, 0.4) is 0 Å². The maximum atomic E-state index is 11.5. The van der Waals surface area contributed by atoms with E-state index in [2.05, 4.69) is 0 Å². The summed E-state index contributed by atoms with van der Waals surface area (Å²) < 4.78 is -0.702. The van der Waals surface area contributed by atoms with E-state index in [4.69, 9.17) is 10.4 Å². The van der Waals surface area contributed by atoms with Crippen LogP contribution in [0.1, 0.15) is 22.3 Å². The highest BCUT2D eigenvalue weighted by molar-refractivity contribution is 14.1. The molecule has 0 aromatic heterocycles. The minimum absolute atomic E-state index is 0.0409. The van der Waals surface area contributed by atoms with E-state index >= 15 is 0 Å². The second-order valence-corrected chi connectivity index (χ2v) is 4.16. The number of halogens is 1. The number of nitrogens with zero attached hydrogens (tertiary/aromatic N) is 1. The van der Waals surface area contributed by atoms with Gasteiger partial charge in [0.2, 0.25) is 0 Å². The fourth-order valence-electron chi connectivity index (χ4n) is 1.09. The molecule has 0 bridgehead atoms. The number of nitriles is 1. The monoisotopic (exact) mass is 301 g/mol. The van der Waals surface area contributed by atoms with Crippen LogP contribution in [0.15, 0.2) is 24.3 Å². The van der Waals surface area contributed by atoms with E-state index < -0.39 is 4.11 Å². The third-order valence-corrected chi connectivity index (χ3v) is 2.14. The number of carbonyl (C=O) groups excluding carboxylic acids is 1. The number of ketones is 1. The van der Waals surface area contributed by atoms with Gasteiger partial charge in [-0.1, -0.05) is 40.8 Å². The fourth-order valence-corrected chi connectivity index (χ4v) is 1.49. The molecule has 0 aliphatic heterocycles. The molecule has 0 saturated carbocycles. The van der Waals surface area contributed by atoms with Gasteiger partial charge in [0.05, 0.1) is 11.6 Å². The van der Waals surface area contributed by atoms with Gasteiger partial charge >= 0.3 is 0 Å². The summed E-state index contributed by atoms with van der Waals surface area (Å²) in [6, 6.07) is 8.54. The third kappa shape index (κ3) is 2.79. The molecular weight excluding hydrogens is 293 g/mol. The minimum Gasteiger partial charge on any atom is -0.382 e. The normalized spacial score (nSPS) is 11.8. The Morgan fingerprint density at radius 1 is 1.57 bits per heavy atom. The number of hydrogen-bond acceptors (Lipinski definition) is 3. The number of benzene rings is 1. The number of aliphatic hydroxyl groups is 1. The number of hydrogen-bond donors (Lipinski definition) is 1. The smallest absolute Gasteiger partial charge is 0.167 e. The van der Waals surface area contributed by atoms with Crippen molar-refractivity contribution in [3.63, 3.8) is 0 Å². The lowest BCUT2D eigenvalue weighted by atomic mass is 10.0. The van der Waals surface area contributed by atoms with E-state index in [0.29, 0.717) is 11.1 Å². The molecule has 1 N–H and O–H groups in total. The van der Waals surface area contributed by atoms with Gasteiger partial charge in [-0.05, 0) is 6.07 Å². The number of alkyl halides is 1. The summed E-state index contributed by atoms with van der Waals surface area (Å²) in [4.78, 5) is 11.5. The first-order chi connectivity index (χ1) is 6.65. The molecule has 0 amide bonds. The lowest BCUT2D eigenvalue weighted by Gasteiger charge is -2.03. The molecular formula is C10H8INO2. The van der Waals surface area contributed by atoms with Gasteiger partial charge in [0.25, 0.3) is 0 Å². The molecule has 3 nitrogen and oxygen atoms in total. The average Bonchev–Trinajstić information content (AvgIpc) is 2.16. The highest BCUT2D eigenvalue weighted by Gasteiger charge is 2.13. The van der Waals surface area contributed by atoms with Crippen molar-refractivity contribution >= 4 is 28.4 Å². The van der Waals surface area contributed by atoms with Crippen molar-refractivity contribution in [3.05, 3.63) is 35.4 Å². The predicted molar refractivity (Wildman–Crippen MR) is 60.1 cm³/mol. The third-order valence-electron chi connectivity index (χ3n) is 1.70. The van der Waals surface area contributed by atoms with Gasteiger partial charge in [0, 0.05) is 12.0 Å². The Morgan fingerprint density at radius 2 is 2.21 bits per heavy atom. The van der Waals surface area contributed by atoms with Crippen LogP contribution < -0.4 is 0 Å². The summed E-state index contributed by atoms with van der Waals surface area (Å²) in [6.45, 7) is 0. The van der Waals surface area contributed by atoms with Crippen LogP contribution in [0.25, 0.3) is 0 Å². The lowest BCUT2D eigenvalue weighted by molar-refractivity contribution is 0.0949. The van der Waals surface area contributed by atoms with Gasteiger partial charge in [-0.2, -0.15) is 5.26 Å². The molecule has 1 aromatic rings. The van der Waals surface area contributed by atoms with Crippen LogP contribution in [0.4, 0.5) is 0 Å². The van der Waals surface area contributed by atoms with Gasteiger partial charge in [0.15, 0.2) is 5.78 Å². The standard InChI is InChI=1S/C10H8INO2/c11-10(14)5-9(13)8-4-2-1-3-7(8)6-12/h1-4,10,14H,5H2. The molecule has 4 heteroatoms. The van der Waals surface area contributed by atoms with Crippen molar-refractivity contribution in [2.45, 2.75) is 10.5 Å². The Hall–Kier alpha value is -0.930. The van der Waals surface area contributed by atoms with Crippen molar-refractivity contribution < 1.29 is 9.90 Å².